The molecule has 2 unspecified atom stereocenters. The first-order chi connectivity index (χ1) is 17.4. The zero-order valence-corrected chi connectivity index (χ0v) is 21.8. The second-order valence-electron chi connectivity index (χ2n) is 11.1. The molecule has 9 nitrogen and oxygen atoms in total. The molecule has 0 aliphatic heterocycles. The van der Waals surface area contributed by atoms with Crippen LogP contribution in [-0.4, -0.2) is 69.9 Å². The van der Waals surface area contributed by atoms with Gasteiger partial charge in [0.25, 0.3) is 0 Å². The van der Waals surface area contributed by atoms with Crippen molar-refractivity contribution < 1.29 is 34.2 Å². The van der Waals surface area contributed by atoms with Crippen LogP contribution in [-0.2, 0) is 32.0 Å². The summed E-state index contributed by atoms with van der Waals surface area (Å²) in [5.74, 6) is -9.58. The maximum absolute atomic E-state index is 13.8. The van der Waals surface area contributed by atoms with Gasteiger partial charge >= 0.3 is 0 Å². The highest BCUT2D eigenvalue weighted by Crippen LogP contribution is 2.51. The highest BCUT2D eigenvalue weighted by Gasteiger charge is 2.69. The third-order valence-electron chi connectivity index (χ3n) is 9.02. The molecule has 4 N–H and O–H groups in total. The maximum Gasteiger partial charge on any atom is 0.235 e. The molecule has 37 heavy (non-hydrogen) atoms. The molecule has 2 saturated carbocycles. The third kappa shape index (κ3) is 4.03. The van der Waals surface area contributed by atoms with E-state index >= 15 is 0 Å². The number of aliphatic hydroxyl groups is 1. The van der Waals surface area contributed by atoms with E-state index in [1.807, 2.05) is 6.07 Å². The molecule has 0 heterocycles. The predicted molar refractivity (Wildman–Crippen MR) is 134 cm³/mol. The number of nitrogens with zero attached hydrogens (tertiary/aromatic N) is 1. The van der Waals surface area contributed by atoms with Crippen LogP contribution >= 0.6 is 0 Å². The molecule has 3 aliphatic rings. The average molecular weight is 513 g/mol. The summed E-state index contributed by atoms with van der Waals surface area (Å²) in [7, 11) is 3.14. The molecule has 1 aromatic rings. The second-order valence-corrected chi connectivity index (χ2v) is 11.1. The number of aromatic hydroxyl groups is 1. The molecule has 2 fully saturated rings. The molecular weight excluding hydrogens is 476 g/mol. The van der Waals surface area contributed by atoms with Gasteiger partial charge in [-0.2, -0.15) is 0 Å². The lowest BCUT2D eigenvalue weighted by Gasteiger charge is -2.52. The Kier molecular flexibility index (Phi) is 7.16. The van der Waals surface area contributed by atoms with Crippen LogP contribution < -0.4 is 5.73 Å². The first kappa shape index (κ1) is 27.1. The standard InChI is InChI=1S/C28H36N2O7/c1-5-13(6-2)7-8-14-9-10-18(31)20-16(14)11-15-12-17-22(30(3)4)24(33)21(27(29)36)26(35)28(17,37)25(34)19(15)23(20)32/h9-10,13,15,17,19,21-22,31,37H,5-8,11-12H2,1-4H3,(H2,29,36)/t15-,17-,19?,21?,22-,28-/m0/s1. The van der Waals surface area contributed by atoms with E-state index in [1.54, 1.807) is 14.1 Å². The number of phenols is 1. The van der Waals surface area contributed by atoms with Gasteiger partial charge in [-0.1, -0.05) is 32.8 Å². The van der Waals surface area contributed by atoms with Crippen LogP contribution in [0.2, 0.25) is 0 Å². The molecule has 0 saturated heterocycles. The van der Waals surface area contributed by atoms with Gasteiger partial charge < -0.3 is 15.9 Å². The van der Waals surface area contributed by atoms with Gasteiger partial charge in [0.15, 0.2) is 34.7 Å². The second kappa shape index (κ2) is 9.76. The summed E-state index contributed by atoms with van der Waals surface area (Å²) in [6.07, 6.45) is 4.08. The Morgan fingerprint density at radius 2 is 1.78 bits per heavy atom. The number of likely N-dealkylation sites (N-methyl/N-ethyl adjacent to an activating group) is 1. The quantitative estimate of drug-likeness (QED) is 0.461. The zero-order valence-electron chi connectivity index (χ0n) is 21.8. The fraction of sp³-hybridized carbons (Fsp3) is 0.607. The lowest BCUT2D eigenvalue weighted by Crippen LogP contribution is -2.74. The Hall–Kier alpha value is -2.91. The highest BCUT2D eigenvalue weighted by molar-refractivity contribution is 6.32. The molecule has 1 aromatic carbocycles. The molecule has 0 spiro atoms. The Bertz CT molecular complexity index is 1170. The Balaban J connectivity index is 1.79. The van der Waals surface area contributed by atoms with E-state index in [9.17, 15) is 34.2 Å². The molecule has 200 valence electrons. The minimum atomic E-state index is -2.69. The number of nitrogens with two attached hydrogens (primary N) is 1. The number of hydrogen-bond donors (Lipinski definition) is 3. The van der Waals surface area contributed by atoms with E-state index in [-0.39, 0.29) is 17.7 Å². The number of Topliss-reactive ketones (excluding diaryl/α,β-unsaturated/α-hetero) is 4. The van der Waals surface area contributed by atoms with Crippen molar-refractivity contribution in [1.29, 1.82) is 0 Å². The molecular formula is C28H36N2O7. The third-order valence-corrected chi connectivity index (χ3v) is 9.02. The van der Waals surface area contributed by atoms with E-state index in [4.69, 9.17) is 5.73 Å². The highest BCUT2D eigenvalue weighted by atomic mass is 16.3. The van der Waals surface area contributed by atoms with Crippen LogP contribution in [0.25, 0.3) is 0 Å². The number of primary amides is 1. The van der Waals surface area contributed by atoms with Crippen molar-refractivity contribution in [1.82, 2.24) is 4.90 Å². The maximum atomic E-state index is 13.8. The molecule has 0 aromatic heterocycles. The van der Waals surface area contributed by atoms with Gasteiger partial charge in [-0.3, -0.25) is 28.9 Å². The number of fused-ring (bicyclic) bond motifs is 3. The molecule has 0 radical (unpaired) electrons. The van der Waals surface area contributed by atoms with Gasteiger partial charge in [0, 0.05) is 5.92 Å². The molecule has 6 atom stereocenters. The largest absolute Gasteiger partial charge is 0.507 e. The summed E-state index contributed by atoms with van der Waals surface area (Å²) >= 11 is 0. The van der Waals surface area contributed by atoms with Gasteiger partial charge in [0.1, 0.15) is 5.75 Å². The van der Waals surface area contributed by atoms with Gasteiger partial charge in [-0.05, 0) is 68.8 Å². The Morgan fingerprint density at radius 3 is 2.35 bits per heavy atom. The van der Waals surface area contributed by atoms with Crippen LogP contribution in [0.5, 0.6) is 5.75 Å². The molecule has 0 bridgehead atoms. The van der Waals surface area contributed by atoms with Crippen molar-refractivity contribution in [3.05, 3.63) is 28.8 Å². The van der Waals surface area contributed by atoms with E-state index in [2.05, 4.69) is 13.8 Å². The van der Waals surface area contributed by atoms with Gasteiger partial charge in [-0.15, -0.1) is 0 Å². The van der Waals surface area contributed by atoms with E-state index in [1.165, 1.54) is 11.0 Å². The van der Waals surface area contributed by atoms with E-state index in [0.717, 1.165) is 31.2 Å². The lowest BCUT2D eigenvalue weighted by molar-refractivity contribution is -0.181. The van der Waals surface area contributed by atoms with Crippen LogP contribution in [0, 0.1) is 29.6 Å². The molecule has 9 heteroatoms. The van der Waals surface area contributed by atoms with Crippen molar-refractivity contribution in [3.8, 4) is 5.75 Å². The predicted octanol–water partition coefficient (Wildman–Crippen LogP) is 1.24. The minimum Gasteiger partial charge on any atom is -0.507 e. The SMILES string of the molecule is CCC(CC)CCc1ccc(O)c2c1C[C@H]1C[C@H]3[C@H](N(C)C)C(=O)C(C(N)=O)C(=O)[C@@]3(O)C(=O)C1C2=O. The first-order valence-electron chi connectivity index (χ1n) is 13.1. The summed E-state index contributed by atoms with van der Waals surface area (Å²) in [5.41, 5.74) is 4.35. The van der Waals surface area contributed by atoms with Gasteiger partial charge in [0.05, 0.1) is 17.5 Å². The van der Waals surface area contributed by atoms with Gasteiger partial charge in [0.2, 0.25) is 5.91 Å². The number of hydrogen-bond acceptors (Lipinski definition) is 8. The fourth-order valence-corrected chi connectivity index (χ4v) is 6.96. The smallest absolute Gasteiger partial charge is 0.235 e. The van der Waals surface area contributed by atoms with Crippen LogP contribution in [0.4, 0.5) is 0 Å². The summed E-state index contributed by atoms with van der Waals surface area (Å²) < 4.78 is 0. The normalized spacial score (nSPS) is 31.4. The fourth-order valence-electron chi connectivity index (χ4n) is 6.96. The van der Waals surface area contributed by atoms with Gasteiger partial charge in [-0.25, -0.2) is 0 Å². The average Bonchev–Trinajstić information content (AvgIpc) is 2.82. The van der Waals surface area contributed by atoms with Crippen LogP contribution in [0.3, 0.4) is 0 Å². The Morgan fingerprint density at radius 1 is 1.14 bits per heavy atom. The number of amides is 1. The van der Waals surface area contributed by atoms with Crippen molar-refractivity contribution in [3.63, 3.8) is 0 Å². The van der Waals surface area contributed by atoms with Crippen molar-refractivity contribution in [2.75, 3.05) is 14.1 Å². The van der Waals surface area contributed by atoms with Crippen molar-refractivity contribution >= 4 is 29.0 Å². The van der Waals surface area contributed by atoms with Crippen molar-refractivity contribution in [2.24, 2.45) is 35.3 Å². The molecule has 1 amide bonds. The topological polar surface area (TPSA) is 155 Å². The number of benzene rings is 1. The van der Waals surface area contributed by atoms with Crippen LogP contribution in [0.15, 0.2) is 12.1 Å². The summed E-state index contributed by atoms with van der Waals surface area (Å²) in [6, 6.07) is 2.18. The number of aryl methyl sites for hydroxylation is 1. The Labute approximate surface area is 216 Å². The van der Waals surface area contributed by atoms with Crippen LogP contribution in [0.1, 0.15) is 61.0 Å². The number of ketones is 4. The number of phenolic OH excluding ortho intramolecular Hbond substituents is 1. The minimum absolute atomic E-state index is 0.0610. The van der Waals surface area contributed by atoms with E-state index < -0.39 is 64.4 Å². The lowest BCUT2D eigenvalue weighted by atomic mass is 9.52. The first-order valence-corrected chi connectivity index (χ1v) is 13.1. The number of carbonyl (C=O) groups excluding carboxylic acids is 5. The summed E-state index contributed by atoms with van der Waals surface area (Å²) in [5, 5.41) is 22.2. The summed E-state index contributed by atoms with van der Waals surface area (Å²) in [4.78, 5) is 67.6. The number of rotatable bonds is 7. The molecule has 4 rings (SSSR count). The molecule has 3 aliphatic carbocycles. The monoisotopic (exact) mass is 512 g/mol. The van der Waals surface area contributed by atoms with Crippen molar-refractivity contribution in [2.45, 2.75) is 64.0 Å². The summed E-state index contributed by atoms with van der Waals surface area (Å²) in [6.45, 7) is 4.28. The zero-order chi connectivity index (χ0) is 27.4. The number of carbonyl (C=O) groups is 5. The van der Waals surface area contributed by atoms with E-state index in [0.29, 0.717) is 17.9 Å².